The predicted octanol–water partition coefficient (Wildman–Crippen LogP) is -1.62. The van der Waals surface area contributed by atoms with Crippen LogP contribution >= 0.6 is 0 Å². The zero-order valence-corrected chi connectivity index (χ0v) is 11.2. The molecule has 0 aromatic heterocycles. The predicted molar refractivity (Wildman–Crippen MR) is 65.8 cm³/mol. The Morgan fingerprint density at radius 2 is 1.83 bits per heavy atom. The van der Waals surface area contributed by atoms with Gasteiger partial charge in [-0.05, 0) is 6.92 Å². The van der Waals surface area contributed by atoms with Crippen molar-refractivity contribution in [2.45, 2.75) is 18.2 Å². The van der Waals surface area contributed by atoms with Crippen molar-refractivity contribution in [1.29, 1.82) is 0 Å². The Labute approximate surface area is 107 Å². The molecule has 0 saturated carbocycles. The van der Waals surface area contributed by atoms with Crippen LogP contribution in [-0.4, -0.2) is 79.3 Å². The topological polar surface area (TPSA) is 89.9 Å². The number of hydrogen-bond acceptors (Lipinski definition) is 5. The van der Waals surface area contributed by atoms with Crippen LogP contribution in [0.1, 0.15) is 6.92 Å². The van der Waals surface area contributed by atoms with Gasteiger partial charge in [-0.1, -0.05) is 0 Å². The fraction of sp³-hybridized carbons (Fsp3) is 0.900. The fourth-order valence-corrected chi connectivity index (χ4v) is 3.58. The van der Waals surface area contributed by atoms with E-state index in [1.807, 2.05) is 0 Å². The minimum atomic E-state index is -3.71. The van der Waals surface area contributed by atoms with Crippen LogP contribution in [0.4, 0.5) is 0 Å². The molecular formula is C10H19N3O4S. The number of piperazine rings is 1. The number of carbonyl (C=O) groups is 1. The molecule has 2 fully saturated rings. The molecule has 2 rings (SSSR count). The number of aliphatic carboxylic acids is 1. The second-order valence-electron chi connectivity index (χ2n) is 4.77. The van der Waals surface area contributed by atoms with Crippen LogP contribution in [0.15, 0.2) is 0 Å². The van der Waals surface area contributed by atoms with Crippen molar-refractivity contribution in [1.82, 2.24) is 14.5 Å². The highest BCUT2D eigenvalue weighted by molar-refractivity contribution is 7.90. The van der Waals surface area contributed by atoms with Crippen LogP contribution in [-0.2, 0) is 14.8 Å². The Balaban J connectivity index is 1.94. The van der Waals surface area contributed by atoms with Crippen molar-refractivity contribution in [3.05, 3.63) is 0 Å². The van der Waals surface area contributed by atoms with Gasteiger partial charge in [0.15, 0.2) is 5.25 Å². The van der Waals surface area contributed by atoms with E-state index in [0.29, 0.717) is 32.2 Å². The maximum absolute atomic E-state index is 12.0. The first-order valence-electron chi connectivity index (χ1n) is 6.09. The summed E-state index contributed by atoms with van der Waals surface area (Å²) in [6, 6.07) is 0.506. The van der Waals surface area contributed by atoms with Gasteiger partial charge in [-0.15, -0.1) is 0 Å². The molecule has 0 aliphatic carbocycles. The molecule has 7 nitrogen and oxygen atoms in total. The lowest BCUT2D eigenvalue weighted by Gasteiger charge is -2.43. The lowest BCUT2D eigenvalue weighted by molar-refractivity contribution is -0.136. The van der Waals surface area contributed by atoms with Gasteiger partial charge < -0.3 is 10.4 Å². The molecule has 18 heavy (non-hydrogen) atoms. The molecule has 2 N–H and O–H groups in total. The largest absolute Gasteiger partial charge is 0.480 e. The van der Waals surface area contributed by atoms with Crippen molar-refractivity contribution in [2.24, 2.45) is 0 Å². The second kappa shape index (κ2) is 5.12. The summed E-state index contributed by atoms with van der Waals surface area (Å²) in [7, 11) is -3.71. The minimum Gasteiger partial charge on any atom is -0.480 e. The Hall–Kier alpha value is -0.700. The van der Waals surface area contributed by atoms with Crippen LogP contribution in [0.25, 0.3) is 0 Å². The molecule has 2 aliphatic heterocycles. The quantitative estimate of drug-likeness (QED) is 0.642. The number of nitrogens with one attached hydrogen (secondary N) is 1. The average Bonchev–Trinajstić information content (AvgIpc) is 2.26. The SMILES string of the molecule is CC(C(=O)O)S(=O)(=O)N1CCN(C2CNC2)CC1. The molecule has 0 aromatic carbocycles. The summed E-state index contributed by atoms with van der Waals surface area (Å²) in [6.07, 6.45) is 0. The molecule has 0 spiro atoms. The van der Waals surface area contributed by atoms with E-state index in [-0.39, 0.29) is 0 Å². The third kappa shape index (κ3) is 2.51. The molecule has 2 aliphatic rings. The molecule has 0 aromatic rings. The summed E-state index contributed by atoms with van der Waals surface area (Å²) in [5.41, 5.74) is 0. The first-order valence-corrected chi connectivity index (χ1v) is 7.60. The third-order valence-corrected chi connectivity index (χ3v) is 5.88. The van der Waals surface area contributed by atoms with Crippen molar-refractivity contribution < 1.29 is 18.3 Å². The van der Waals surface area contributed by atoms with Gasteiger partial charge in [-0.2, -0.15) is 4.31 Å². The lowest BCUT2D eigenvalue weighted by Crippen LogP contribution is -2.62. The molecule has 8 heteroatoms. The highest BCUT2D eigenvalue weighted by Gasteiger charge is 2.37. The van der Waals surface area contributed by atoms with E-state index in [4.69, 9.17) is 5.11 Å². The molecule has 1 atom stereocenters. The fourth-order valence-electron chi connectivity index (χ4n) is 2.21. The standard InChI is InChI=1S/C10H19N3O4S/c1-8(10(14)15)18(16,17)13-4-2-12(3-5-13)9-6-11-7-9/h8-9,11H,2-7H2,1H3,(H,14,15). The van der Waals surface area contributed by atoms with E-state index in [2.05, 4.69) is 10.2 Å². The van der Waals surface area contributed by atoms with E-state index >= 15 is 0 Å². The first-order chi connectivity index (χ1) is 8.43. The summed E-state index contributed by atoms with van der Waals surface area (Å²) in [6.45, 7) is 5.26. The van der Waals surface area contributed by atoms with Crippen molar-refractivity contribution in [3.63, 3.8) is 0 Å². The Kier molecular flexibility index (Phi) is 3.90. The van der Waals surface area contributed by atoms with Crippen molar-refractivity contribution in [3.8, 4) is 0 Å². The van der Waals surface area contributed by atoms with Crippen LogP contribution in [0, 0.1) is 0 Å². The van der Waals surface area contributed by atoms with Gasteiger partial charge in [0.05, 0.1) is 0 Å². The molecule has 0 radical (unpaired) electrons. The van der Waals surface area contributed by atoms with Crippen LogP contribution < -0.4 is 5.32 Å². The molecule has 0 bridgehead atoms. The summed E-state index contributed by atoms with van der Waals surface area (Å²) >= 11 is 0. The lowest BCUT2D eigenvalue weighted by atomic mass is 10.1. The van der Waals surface area contributed by atoms with Crippen molar-refractivity contribution in [2.75, 3.05) is 39.3 Å². The van der Waals surface area contributed by atoms with Gasteiger partial charge in [-0.25, -0.2) is 8.42 Å². The average molecular weight is 277 g/mol. The number of carboxylic acids is 1. The van der Waals surface area contributed by atoms with Crippen LogP contribution in [0.2, 0.25) is 0 Å². The van der Waals surface area contributed by atoms with E-state index in [0.717, 1.165) is 13.1 Å². The summed E-state index contributed by atoms with van der Waals surface area (Å²) < 4.78 is 25.3. The van der Waals surface area contributed by atoms with Crippen LogP contribution in [0.5, 0.6) is 0 Å². The summed E-state index contributed by atoms with van der Waals surface area (Å²) in [5.74, 6) is -1.29. The Morgan fingerprint density at radius 3 is 2.22 bits per heavy atom. The second-order valence-corrected chi connectivity index (χ2v) is 7.03. The maximum atomic E-state index is 12.0. The van der Waals surface area contributed by atoms with Gasteiger partial charge in [-0.3, -0.25) is 9.69 Å². The minimum absolute atomic E-state index is 0.385. The van der Waals surface area contributed by atoms with E-state index in [9.17, 15) is 13.2 Å². The van der Waals surface area contributed by atoms with Gasteiger partial charge in [0.1, 0.15) is 0 Å². The highest BCUT2D eigenvalue weighted by Crippen LogP contribution is 2.15. The number of nitrogens with zero attached hydrogens (tertiary/aromatic N) is 2. The first kappa shape index (κ1) is 13.7. The Bertz CT molecular complexity index is 413. The normalized spacial score (nSPS) is 25.6. The summed E-state index contributed by atoms with van der Waals surface area (Å²) in [4.78, 5) is 13.0. The molecule has 104 valence electrons. The molecule has 0 amide bonds. The zero-order chi connectivity index (χ0) is 13.3. The van der Waals surface area contributed by atoms with E-state index < -0.39 is 21.2 Å². The van der Waals surface area contributed by atoms with Gasteiger partial charge in [0.2, 0.25) is 10.0 Å². The number of carboxylic acid groups (broad SMARTS) is 1. The highest BCUT2D eigenvalue weighted by atomic mass is 32.2. The van der Waals surface area contributed by atoms with Gasteiger partial charge in [0.25, 0.3) is 0 Å². The zero-order valence-electron chi connectivity index (χ0n) is 10.4. The van der Waals surface area contributed by atoms with E-state index in [1.165, 1.54) is 11.2 Å². The third-order valence-electron chi connectivity index (χ3n) is 3.70. The van der Waals surface area contributed by atoms with Gasteiger partial charge in [0, 0.05) is 45.3 Å². The smallest absolute Gasteiger partial charge is 0.323 e. The van der Waals surface area contributed by atoms with E-state index in [1.54, 1.807) is 0 Å². The number of hydrogen-bond donors (Lipinski definition) is 2. The number of sulfonamides is 1. The monoisotopic (exact) mass is 277 g/mol. The van der Waals surface area contributed by atoms with Crippen LogP contribution in [0.3, 0.4) is 0 Å². The molecule has 2 heterocycles. The number of rotatable bonds is 4. The molecule has 2 saturated heterocycles. The molecule has 1 unspecified atom stereocenters. The van der Waals surface area contributed by atoms with Gasteiger partial charge >= 0.3 is 5.97 Å². The molecular weight excluding hydrogens is 258 g/mol. The van der Waals surface area contributed by atoms with Crippen molar-refractivity contribution >= 4 is 16.0 Å². The summed E-state index contributed by atoms with van der Waals surface area (Å²) in [5, 5.41) is 10.6. The Morgan fingerprint density at radius 1 is 1.28 bits per heavy atom. The maximum Gasteiger partial charge on any atom is 0.323 e.